The first kappa shape index (κ1) is 30.5. The highest BCUT2D eigenvalue weighted by Crippen LogP contribution is 2.38. The molecule has 0 atom stereocenters. The summed E-state index contributed by atoms with van der Waals surface area (Å²) < 4.78 is 69.5. The molecular formula is C28H28N6O6S2. The molecule has 0 aliphatic carbocycles. The number of aryl methyl sites for hydroxylation is 4. The smallest absolute Gasteiger partial charge is 0.295 e. The maximum Gasteiger partial charge on any atom is 0.295 e. The van der Waals surface area contributed by atoms with Crippen LogP contribution in [0.5, 0.6) is 0 Å². The third kappa shape index (κ3) is 6.69. The van der Waals surface area contributed by atoms with Gasteiger partial charge in [-0.25, -0.2) is 0 Å². The fourth-order valence-electron chi connectivity index (χ4n) is 4.10. The van der Waals surface area contributed by atoms with Gasteiger partial charge >= 0.3 is 0 Å². The fraction of sp³-hybridized carbons (Fsp3) is 0.143. The first-order chi connectivity index (χ1) is 19.5. The Balaban J connectivity index is 1.80. The van der Waals surface area contributed by atoms with Crippen molar-refractivity contribution in [3.05, 3.63) is 82.9 Å². The van der Waals surface area contributed by atoms with Gasteiger partial charge in [0, 0.05) is 22.5 Å². The summed E-state index contributed by atoms with van der Waals surface area (Å²) in [6.07, 6.45) is 0. The van der Waals surface area contributed by atoms with Gasteiger partial charge in [0.15, 0.2) is 0 Å². The van der Waals surface area contributed by atoms with E-state index in [1.165, 1.54) is 24.3 Å². The van der Waals surface area contributed by atoms with E-state index in [-0.39, 0.29) is 22.5 Å². The second-order valence-electron chi connectivity index (χ2n) is 9.70. The molecule has 0 aromatic heterocycles. The quantitative estimate of drug-likeness (QED) is 0.0965. The summed E-state index contributed by atoms with van der Waals surface area (Å²) in [5.41, 5.74) is 16.8. The molecule has 0 fully saturated rings. The highest BCUT2D eigenvalue weighted by atomic mass is 32.2. The van der Waals surface area contributed by atoms with Crippen LogP contribution in [-0.2, 0) is 20.2 Å². The van der Waals surface area contributed by atoms with Gasteiger partial charge in [-0.15, -0.1) is 0 Å². The lowest BCUT2D eigenvalue weighted by Crippen LogP contribution is -2.05. The predicted molar refractivity (Wildman–Crippen MR) is 161 cm³/mol. The molecule has 4 aromatic rings. The molecule has 0 aliphatic heterocycles. The Labute approximate surface area is 243 Å². The number of benzene rings is 4. The Kier molecular flexibility index (Phi) is 8.27. The van der Waals surface area contributed by atoms with Crippen LogP contribution >= 0.6 is 0 Å². The third-order valence-corrected chi connectivity index (χ3v) is 8.28. The van der Waals surface area contributed by atoms with Crippen molar-refractivity contribution in [3.8, 4) is 11.1 Å². The Bertz CT molecular complexity index is 1860. The summed E-state index contributed by atoms with van der Waals surface area (Å²) in [4.78, 5) is -1.28. The SMILES string of the molecule is Cc1cc(N=Nc2ccc(-c3ccc(N=Nc4cc(C)c(N)cc4C)cc3S(=O)(=O)O)c(S(=O)(=O)O)c2)c(C)cc1N. The molecule has 0 heterocycles. The van der Waals surface area contributed by atoms with Crippen LogP contribution in [0.1, 0.15) is 22.3 Å². The molecule has 12 nitrogen and oxygen atoms in total. The summed E-state index contributed by atoms with van der Waals surface area (Å²) in [5, 5.41) is 16.5. The molecule has 0 unspecified atom stereocenters. The lowest BCUT2D eigenvalue weighted by atomic mass is 10.0. The molecule has 218 valence electrons. The van der Waals surface area contributed by atoms with Crippen LogP contribution in [0.2, 0.25) is 0 Å². The number of nitrogens with two attached hydrogens (primary N) is 2. The molecule has 0 radical (unpaired) electrons. The van der Waals surface area contributed by atoms with Gasteiger partial charge in [0.1, 0.15) is 9.79 Å². The van der Waals surface area contributed by atoms with Crippen molar-refractivity contribution in [2.24, 2.45) is 20.5 Å². The van der Waals surface area contributed by atoms with Crippen molar-refractivity contribution in [2.75, 3.05) is 11.5 Å². The van der Waals surface area contributed by atoms with E-state index in [1.807, 2.05) is 0 Å². The normalized spacial score (nSPS) is 12.4. The van der Waals surface area contributed by atoms with Gasteiger partial charge in [0.25, 0.3) is 20.2 Å². The minimum atomic E-state index is -4.89. The largest absolute Gasteiger partial charge is 0.399 e. The zero-order valence-electron chi connectivity index (χ0n) is 23.1. The van der Waals surface area contributed by atoms with Crippen LogP contribution in [-0.4, -0.2) is 25.9 Å². The molecule has 4 rings (SSSR count). The van der Waals surface area contributed by atoms with Crippen molar-refractivity contribution < 1.29 is 25.9 Å². The van der Waals surface area contributed by atoms with E-state index in [9.17, 15) is 25.9 Å². The van der Waals surface area contributed by atoms with E-state index < -0.39 is 30.0 Å². The maximum absolute atomic E-state index is 12.4. The Morgan fingerprint density at radius 3 is 1.21 bits per heavy atom. The molecule has 0 spiro atoms. The number of hydrogen-bond acceptors (Lipinski definition) is 10. The number of hydrogen-bond donors (Lipinski definition) is 4. The van der Waals surface area contributed by atoms with Crippen molar-refractivity contribution in [3.63, 3.8) is 0 Å². The van der Waals surface area contributed by atoms with Gasteiger partial charge in [0.05, 0.1) is 22.7 Å². The first-order valence-corrected chi connectivity index (χ1v) is 15.2. The Morgan fingerprint density at radius 2 is 0.881 bits per heavy atom. The van der Waals surface area contributed by atoms with Crippen LogP contribution in [0.3, 0.4) is 0 Å². The molecule has 0 amide bonds. The number of rotatable bonds is 7. The summed E-state index contributed by atoms with van der Waals surface area (Å²) in [6.45, 7) is 7.18. The van der Waals surface area contributed by atoms with Crippen LogP contribution < -0.4 is 11.5 Å². The second kappa shape index (κ2) is 11.4. The van der Waals surface area contributed by atoms with Gasteiger partial charge in [-0.3, -0.25) is 9.11 Å². The molecule has 0 saturated carbocycles. The average Bonchev–Trinajstić information content (AvgIpc) is 2.90. The van der Waals surface area contributed by atoms with E-state index in [1.54, 1.807) is 52.0 Å². The predicted octanol–water partition coefficient (Wildman–Crippen LogP) is 7.08. The molecule has 4 aromatic carbocycles. The lowest BCUT2D eigenvalue weighted by Gasteiger charge is -2.12. The van der Waals surface area contributed by atoms with Gasteiger partial charge in [-0.05, 0) is 98.5 Å². The van der Waals surface area contributed by atoms with E-state index in [4.69, 9.17) is 11.5 Å². The van der Waals surface area contributed by atoms with E-state index >= 15 is 0 Å². The van der Waals surface area contributed by atoms with Gasteiger partial charge < -0.3 is 11.5 Å². The van der Waals surface area contributed by atoms with Crippen molar-refractivity contribution >= 4 is 54.4 Å². The Morgan fingerprint density at radius 1 is 0.524 bits per heavy atom. The molecule has 42 heavy (non-hydrogen) atoms. The standard InChI is InChI=1S/C28H28N6O6S2/c1-15-11-25(17(3)9-23(15)29)33-31-19-5-7-21(27(13-19)41(35,36)37)22-8-6-20(14-28(22)42(38,39)40)32-34-26-12-16(2)24(30)10-18(26)4/h5-14H,29-30H2,1-4H3,(H,35,36,37)(H,38,39,40). The first-order valence-electron chi connectivity index (χ1n) is 12.3. The molecular weight excluding hydrogens is 580 g/mol. The topological polar surface area (TPSA) is 210 Å². The third-order valence-electron chi connectivity index (χ3n) is 6.49. The molecule has 0 bridgehead atoms. The number of anilines is 2. The number of nitrogen functional groups attached to an aromatic ring is 2. The minimum Gasteiger partial charge on any atom is -0.399 e. The second-order valence-corrected chi connectivity index (χ2v) is 12.5. The van der Waals surface area contributed by atoms with E-state index in [0.717, 1.165) is 34.4 Å². The Hall–Kier alpha value is -4.50. The van der Waals surface area contributed by atoms with Crippen LogP contribution in [0, 0.1) is 27.7 Å². The number of azo groups is 2. The molecule has 14 heteroatoms. The minimum absolute atomic E-state index is 0.0632. The van der Waals surface area contributed by atoms with Gasteiger partial charge in [0.2, 0.25) is 0 Å². The van der Waals surface area contributed by atoms with E-state index in [0.29, 0.717) is 22.7 Å². The number of nitrogens with zero attached hydrogens (tertiary/aromatic N) is 4. The van der Waals surface area contributed by atoms with Gasteiger partial charge in [-0.1, -0.05) is 12.1 Å². The monoisotopic (exact) mass is 608 g/mol. The average molecular weight is 609 g/mol. The fourth-order valence-corrected chi connectivity index (χ4v) is 5.55. The molecule has 6 N–H and O–H groups in total. The zero-order valence-corrected chi connectivity index (χ0v) is 24.7. The van der Waals surface area contributed by atoms with Gasteiger partial charge in [-0.2, -0.15) is 37.3 Å². The van der Waals surface area contributed by atoms with Crippen LogP contribution in [0.15, 0.2) is 90.9 Å². The lowest BCUT2D eigenvalue weighted by molar-refractivity contribution is 0.480. The highest BCUT2D eigenvalue weighted by molar-refractivity contribution is 7.86. The van der Waals surface area contributed by atoms with E-state index in [2.05, 4.69) is 20.5 Å². The zero-order chi connectivity index (χ0) is 31.0. The summed E-state index contributed by atoms with van der Waals surface area (Å²) in [5.74, 6) is 0. The van der Waals surface area contributed by atoms with Crippen LogP contribution in [0.4, 0.5) is 34.1 Å². The van der Waals surface area contributed by atoms with Crippen molar-refractivity contribution in [2.45, 2.75) is 37.5 Å². The van der Waals surface area contributed by atoms with Crippen molar-refractivity contribution in [1.29, 1.82) is 0 Å². The summed E-state index contributed by atoms with van der Waals surface area (Å²) >= 11 is 0. The summed E-state index contributed by atoms with van der Waals surface area (Å²) in [6, 6.07) is 14.3. The van der Waals surface area contributed by atoms with Crippen molar-refractivity contribution in [1.82, 2.24) is 0 Å². The molecule has 0 saturated heterocycles. The summed E-state index contributed by atoms with van der Waals surface area (Å²) in [7, 11) is -9.77. The maximum atomic E-state index is 12.4. The highest BCUT2D eigenvalue weighted by Gasteiger charge is 2.24. The van der Waals surface area contributed by atoms with Crippen LogP contribution in [0.25, 0.3) is 11.1 Å². The molecule has 0 aliphatic rings.